The van der Waals surface area contributed by atoms with Crippen molar-refractivity contribution in [2.45, 2.75) is 38.5 Å². The predicted octanol–water partition coefficient (Wildman–Crippen LogP) is 4.37. The highest BCUT2D eigenvalue weighted by molar-refractivity contribution is 5.96. The molecule has 27 heavy (non-hydrogen) atoms. The highest BCUT2D eigenvalue weighted by atomic mass is 19.3. The van der Waals surface area contributed by atoms with Crippen molar-refractivity contribution in [3.63, 3.8) is 0 Å². The molecule has 4 rings (SSSR count). The Kier molecular flexibility index (Phi) is 4.59. The predicted molar refractivity (Wildman–Crippen MR) is 95.6 cm³/mol. The Morgan fingerprint density at radius 1 is 1.30 bits per heavy atom. The molecule has 0 spiro atoms. The molecular formula is C20H19F2N3O2. The first-order chi connectivity index (χ1) is 13.0. The molecule has 1 fully saturated rings. The quantitative estimate of drug-likeness (QED) is 0.579. The molecule has 3 heterocycles. The first-order valence-corrected chi connectivity index (χ1v) is 8.97. The SMILES string of the molecule is CCOc1cc2nc(C3CC3)cn2cc1CC(=O)c1cccc(C(F)F)n1. The lowest BCUT2D eigenvalue weighted by molar-refractivity contribution is 0.0984. The van der Waals surface area contributed by atoms with Crippen molar-refractivity contribution in [1.82, 2.24) is 14.4 Å². The highest BCUT2D eigenvalue weighted by Gasteiger charge is 2.26. The maximum absolute atomic E-state index is 12.8. The Morgan fingerprint density at radius 2 is 2.11 bits per heavy atom. The highest BCUT2D eigenvalue weighted by Crippen LogP contribution is 2.39. The molecule has 0 amide bonds. The summed E-state index contributed by atoms with van der Waals surface area (Å²) in [6.07, 6.45) is 3.42. The number of ether oxygens (including phenoxy) is 1. The van der Waals surface area contributed by atoms with Crippen molar-refractivity contribution in [3.05, 3.63) is 59.3 Å². The van der Waals surface area contributed by atoms with Crippen molar-refractivity contribution in [2.24, 2.45) is 0 Å². The molecule has 0 bridgehead atoms. The minimum atomic E-state index is -2.71. The number of alkyl halides is 2. The summed E-state index contributed by atoms with van der Waals surface area (Å²) in [6, 6.07) is 5.91. The van der Waals surface area contributed by atoms with Gasteiger partial charge in [0.1, 0.15) is 22.8 Å². The summed E-state index contributed by atoms with van der Waals surface area (Å²) in [7, 11) is 0. The second kappa shape index (κ2) is 7.06. The molecular weight excluding hydrogens is 352 g/mol. The number of pyridine rings is 2. The van der Waals surface area contributed by atoms with Gasteiger partial charge in [-0.1, -0.05) is 6.07 Å². The fourth-order valence-corrected chi connectivity index (χ4v) is 3.07. The number of fused-ring (bicyclic) bond motifs is 1. The standard InChI is InChI=1S/C20H19F2N3O2/c1-2-27-18-9-19-24-16(12-6-7-12)11-25(19)10-13(18)8-17(26)14-4-3-5-15(23-14)20(21)22/h3-5,9-12,20H,2,6-8H2,1H3. The third-order valence-electron chi connectivity index (χ3n) is 4.58. The van der Waals surface area contributed by atoms with Gasteiger partial charge in [0.05, 0.1) is 12.3 Å². The summed E-state index contributed by atoms with van der Waals surface area (Å²) in [5.41, 5.74) is 2.13. The summed E-state index contributed by atoms with van der Waals surface area (Å²) in [5.74, 6) is 0.767. The number of carbonyl (C=O) groups excluding carboxylic acids is 1. The van der Waals surface area contributed by atoms with Gasteiger partial charge >= 0.3 is 0 Å². The van der Waals surface area contributed by atoms with Gasteiger partial charge in [0, 0.05) is 36.4 Å². The van der Waals surface area contributed by atoms with Gasteiger partial charge in [0.25, 0.3) is 6.43 Å². The topological polar surface area (TPSA) is 56.5 Å². The molecule has 140 valence electrons. The van der Waals surface area contributed by atoms with Crippen LogP contribution < -0.4 is 4.74 Å². The number of nitrogens with zero attached hydrogens (tertiary/aromatic N) is 3. The van der Waals surface area contributed by atoms with Crippen LogP contribution in [0.3, 0.4) is 0 Å². The van der Waals surface area contributed by atoms with Gasteiger partial charge in [0.2, 0.25) is 0 Å². The number of Topliss-reactive ketones (excluding diaryl/α,β-unsaturated/α-hetero) is 1. The first kappa shape index (κ1) is 17.6. The normalized spacial score (nSPS) is 14.1. The lowest BCUT2D eigenvalue weighted by atomic mass is 10.1. The van der Waals surface area contributed by atoms with Crippen LogP contribution in [0.25, 0.3) is 5.65 Å². The Hall–Kier alpha value is -2.83. The van der Waals surface area contributed by atoms with Crippen LogP contribution in [0.1, 0.15) is 59.5 Å². The summed E-state index contributed by atoms with van der Waals surface area (Å²) in [4.78, 5) is 21.0. The fourth-order valence-electron chi connectivity index (χ4n) is 3.07. The van der Waals surface area contributed by atoms with Gasteiger partial charge in [-0.25, -0.2) is 18.7 Å². The van der Waals surface area contributed by atoms with Crippen LogP contribution >= 0.6 is 0 Å². The van der Waals surface area contributed by atoms with E-state index in [1.165, 1.54) is 18.2 Å². The zero-order valence-corrected chi connectivity index (χ0v) is 14.9. The van der Waals surface area contributed by atoms with Crippen molar-refractivity contribution in [2.75, 3.05) is 6.61 Å². The maximum Gasteiger partial charge on any atom is 0.280 e. The average Bonchev–Trinajstić information content (AvgIpc) is 3.43. The van der Waals surface area contributed by atoms with Crippen LogP contribution in [0.5, 0.6) is 5.75 Å². The largest absolute Gasteiger partial charge is 0.493 e. The van der Waals surface area contributed by atoms with Gasteiger partial charge in [0.15, 0.2) is 5.78 Å². The third kappa shape index (κ3) is 3.67. The number of imidazole rings is 1. The zero-order chi connectivity index (χ0) is 19.0. The number of rotatable bonds is 7. The van der Waals surface area contributed by atoms with E-state index in [9.17, 15) is 13.6 Å². The zero-order valence-electron chi connectivity index (χ0n) is 14.9. The number of hydrogen-bond acceptors (Lipinski definition) is 4. The summed E-state index contributed by atoms with van der Waals surface area (Å²) in [5, 5.41) is 0. The Morgan fingerprint density at radius 3 is 2.81 bits per heavy atom. The smallest absolute Gasteiger partial charge is 0.280 e. The Balaban J connectivity index is 1.65. The van der Waals surface area contributed by atoms with E-state index in [0.29, 0.717) is 23.8 Å². The number of ketones is 1. The summed E-state index contributed by atoms with van der Waals surface area (Å²) < 4.78 is 33.3. The van der Waals surface area contributed by atoms with E-state index in [0.717, 1.165) is 24.2 Å². The molecule has 7 heteroatoms. The minimum absolute atomic E-state index is 0.0158. The van der Waals surface area contributed by atoms with Crippen molar-refractivity contribution in [3.8, 4) is 5.75 Å². The van der Waals surface area contributed by atoms with E-state index in [2.05, 4.69) is 9.97 Å². The van der Waals surface area contributed by atoms with E-state index < -0.39 is 12.1 Å². The van der Waals surface area contributed by atoms with E-state index in [1.54, 1.807) is 0 Å². The molecule has 1 saturated carbocycles. The molecule has 1 aliphatic rings. The fraction of sp³-hybridized carbons (Fsp3) is 0.350. The van der Waals surface area contributed by atoms with Crippen LogP contribution in [0, 0.1) is 0 Å². The number of carbonyl (C=O) groups is 1. The van der Waals surface area contributed by atoms with E-state index in [-0.39, 0.29) is 17.9 Å². The Bertz CT molecular complexity index is 996. The van der Waals surface area contributed by atoms with Gasteiger partial charge in [-0.2, -0.15) is 0 Å². The van der Waals surface area contributed by atoms with Gasteiger partial charge in [-0.05, 0) is 31.9 Å². The van der Waals surface area contributed by atoms with Crippen molar-refractivity contribution < 1.29 is 18.3 Å². The summed E-state index contributed by atoms with van der Waals surface area (Å²) in [6.45, 7) is 2.32. The number of aromatic nitrogens is 3. The molecule has 0 saturated heterocycles. The molecule has 0 N–H and O–H groups in total. The van der Waals surface area contributed by atoms with Crippen molar-refractivity contribution in [1.29, 1.82) is 0 Å². The molecule has 5 nitrogen and oxygen atoms in total. The molecule has 3 aromatic heterocycles. The minimum Gasteiger partial charge on any atom is -0.493 e. The van der Waals surface area contributed by atoms with E-state index >= 15 is 0 Å². The third-order valence-corrected chi connectivity index (χ3v) is 4.58. The average molecular weight is 371 g/mol. The summed E-state index contributed by atoms with van der Waals surface area (Å²) >= 11 is 0. The van der Waals surface area contributed by atoms with Crippen LogP contribution in [0.15, 0.2) is 36.7 Å². The monoisotopic (exact) mass is 371 g/mol. The van der Waals surface area contributed by atoms with Crippen LogP contribution in [0.4, 0.5) is 8.78 Å². The molecule has 0 aliphatic heterocycles. The molecule has 0 aromatic carbocycles. The van der Waals surface area contributed by atoms with E-state index in [1.807, 2.05) is 29.8 Å². The second-order valence-corrected chi connectivity index (χ2v) is 6.65. The molecule has 0 radical (unpaired) electrons. The van der Waals surface area contributed by atoms with Gasteiger partial charge in [-0.15, -0.1) is 0 Å². The lowest BCUT2D eigenvalue weighted by Crippen LogP contribution is -2.10. The van der Waals surface area contributed by atoms with Crippen LogP contribution in [0.2, 0.25) is 0 Å². The van der Waals surface area contributed by atoms with Crippen LogP contribution in [-0.2, 0) is 6.42 Å². The lowest BCUT2D eigenvalue weighted by Gasteiger charge is -2.11. The van der Waals surface area contributed by atoms with Crippen molar-refractivity contribution >= 4 is 11.4 Å². The van der Waals surface area contributed by atoms with Gasteiger partial charge < -0.3 is 9.14 Å². The first-order valence-electron chi connectivity index (χ1n) is 8.97. The Labute approximate surface area is 155 Å². The molecule has 1 aliphatic carbocycles. The second-order valence-electron chi connectivity index (χ2n) is 6.65. The van der Waals surface area contributed by atoms with Gasteiger partial charge in [-0.3, -0.25) is 4.79 Å². The maximum atomic E-state index is 12.8. The number of hydrogen-bond donors (Lipinski definition) is 0. The molecule has 0 unspecified atom stereocenters. The molecule has 3 aromatic rings. The number of halogens is 2. The molecule has 0 atom stereocenters. The van der Waals surface area contributed by atoms with E-state index in [4.69, 9.17) is 4.74 Å². The van der Waals surface area contributed by atoms with Crippen LogP contribution in [-0.4, -0.2) is 26.8 Å².